The Morgan fingerprint density at radius 2 is 1.08 bits per heavy atom. The van der Waals surface area contributed by atoms with Crippen LogP contribution in [0.2, 0.25) is 0 Å². The molecular weight excluding hydrogens is 654 g/mol. The molecule has 0 aliphatic carbocycles. The topological polar surface area (TPSA) is 302 Å². The zero-order valence-corrected chi connectivity index (χ0v) is 26.9. The molecule has 20 heteroatoms. The Balaban J connectivity index is 1.64. The number of carbonyl (C=O) groups excluding carboxylic acids is 2. The van der Waals surface area contributed by atoms with E-state index < -0.39 is 141 Å². The summed E-state index contributed by atoms with van der Waals surface area (Å²) in [4.78, 5) is 24.2. The number of amides is 1. The standard InChI is InChI=1S/C28H47NO19/c1-7-14(33)18(37)20(39)26(41-7)48-23-19(38)15(34)8(2)42-27(23)47-22-16(35)9(3)43-28(24(22)44-11(5)32)46-21-13(29-10(4)31)25(40)45-12(6-30)17(21)36/h7-9,12-28,30,33-40H,6H2,1-5H3,(H,29,31)/t7-,8-,9-,12+,13+,14-,15-,16-,17+,18+,19+,20+,21+,22+,23+,24+,25+,26-,27-,28-/m0/s1. The second-order valence-corrected chi connectivity index (χ2v) is 12.4. The smallest absolute Gasteiger partial charge is 0.303 e. The van der Waals surface area contributed by atoms with Gasteiger partial charge in [0.25, 0.3) is 0 Å². The quantitative estimate of drug-likeness (QED) is 0.100. The van der Waals surface area contributed by atoms with E-state index in [-0.39, 0.29) is 0 Å². The van der Waals surface area contributed by atoms with Crippen LogP contribution in [0.25, 0.3) is 0 Å². The summed E-state index contributed by atoms with van der Waals surface area (Å²) in [5.41, 5.74) is 0. The first-order chi connectivity index (χ1) is 22.5. The minimum absolute atomic E-state index is 0.643. The van der Waals surface area contributed by atoms with Crippen molar-refractivity contribution in [3.05, 3.63) is 0 Å². The van der Waals surface area contributed by atoms with Crippen molar-refractivity contribution < 1.29 is 93.4 Å². The number of hydrogen-bond donors (Lipinski definition) is 10. The molecule has 20 nitrogen and oxygen atoms in total. The number of rotatable bonds is 9. The number of aliphatic hydroxyl groups is 9. The van der Waals surface area contributed by atoms with Crippen LogP contribution in [0.3, 0.4) is 0 Å². The summed E-state index contributed by atoms with van der Waals surface area (Å²) in [7, 11) is 0. The highest BCUT2D eigenvalue weighted by Gasteiger charge is 2.56. The van der Waals surface area contributed by atoms with E-state index in [0.717, 1.165) is 13.8 Å². The molecule has 20 atom stereocenters. The molecule has 0 radical (unpaired) electrons. The van der Waals surface area contributed by atoms with E-state index >= 15 is 0 Å². The number of ether oxygens (including phenoxy) is 8. The maximum atomic E-state index is 12.3. The first kappa shape index (κ1) is 39.1. The first-order valence-electron chi connectivity index (χ1n) is 15.5. The normalized spacial score (nSPS) is 50.0. The molecule has 0 bridgehead atoms. The molecule has 4 rings (SSSR count). The molecule has 10 N–H and O–H groups in total. The van der Waals surface area contributed by atoms with E-state index in [4.69, 9.17) is 37.9 Å². The van der Waals surface area contributed by atoms with Crippen LogP contribution >= 0.6 is 0 Å². The Morgan fingerprint density at radius 3 is 1.65 bits per heavy atom. The molecule has 4 heterocycles. The Labute approximate surface area is 274 Å². The molecule has 4 saturated heterocycles. The lowest BCUT2D eigenvalue weighted by Gasteiger charge is -2.49. The van der Waals surface area contributed by atoms with Crippen molar-refractivity contribution in [2.24, 2.45) is 0 Å². The van der Waals surface area contributed by atoms with Crippen LogP contribution in [0, 0.1) is 0 Å². The van der Waals surface area contributed by atoms with E-state index in [1.807, 2.05) is 0 Å². The van der Waals surface area contributed by atoms with Gasteiger partial charge in [-0.3, -0.25) is 9.59 Å². The van der Waals surface area contributed by atoms with Gasteiger partial charge in [-0.25, -0.2) is 0 Å². The van der Waals surface area contributed by atoms with E-state index in [9.17, 15) is 55.5 Å². The highest BCUT2D eigenvalue weighted by Crippen LogP contribution is 2.35. The van der Waals surface area contributed by atoms with Crippen molar-refractivity contribution in [1.29, 1.82) is 0 Å². The van der Waals surface area contributed by atoms with Crippen LogP contribution in [-0.2, 0) is 47.5 Å². The van der Waals surface area contributed by atoms with Gasteiger partial charge >= 0.3 is 5.97 Å². The van der Waals surface area contributed by atoms with Gasteiger partial charge in [-0.15, -0.1) is 0 Å². The molecule has 4 aliphatic heterocycles. The second kappa shape index (κ2) is 16.1. The van der Waals surface area contributed by atoms with Gasteiger partial charge in [0.15, 0.2) is 31.3 Å². The summed E-state index contributed by atoms with van der Waals surface area (Å²) in [6.07, 6.45) is -29.6. The Kier molecular flexibility index (Phi) is 13.1. The van der Waals surface area contributed by atoms with Crippen molar-refractivity contribution in [3.63, 3.8) is 0 Å². The minimum Gasteiger partial charge on any atom is -0.454 e. The van der Waals surface area contributed by atoms with Crippen LogP contribution in [0.15, 0.2) is 0 Å². The lowest BCUT2D eigenvalue weighted by molar-refractivity contribution is -0.389. The molecule has 0 aromatic carbocycles. The zero-order chi connectivity index (χ0) is 35.8. The van der Waals surface area contributed by atoms with Crippen LogP contribution < -0.4 is 5.32 Å². The molecule has 4 fully saturated rings. The Morgan fingerprint density at radius 1 is 0.583 bits per heavy atom. The molecule has 0 aromatic heterocycles. The van der Waals surface area contributed by atoms with Gasteiger partial charge in [-0.1, -0.05) is 0 Å². The van der Waals surface area contributed by atoms with Crippen molar-refractivity contribution in [2.75, 3.05) is 6.61 Å². The van der Waals surface area contributed by atoms with Gasteiger partial charge in [-0.05, 0) is 20.8 Å². The van der Waals surface area contributed by atoms with Gasteiger partial charge in [0.05, 0.1) is 24.9 Å². The Bertz CT molecular complexity index is 1090. The first-order valence-corrected chi connectivity index (χ1v) is 15.5. The zero-order valence-electron chi connectivity index (χ0n) is 26.9. The van der Waals surface area contributed by atoms with Gasteiger partial charge in [0, 0.05) is 13.8 Å². The number of carbonyl (C=O) groups is 2. The fourth-order valence-corrected chi connectivity index (χ4v) is 6.05. The largest absolute Gasteiger partial charge is 0.454 e. The second-order valence-electron chi connectivity index (χ2n) is 12.4. The summed E-state index contributed by atoms with van der Waals surface area (Å²) in [6.45, 7) is 5.59. The summed E-state index contributed by atoms with van der Waals surface area (Å²) in [5.74, 6) is -1.55. The third kappa shape index (κ3) is 8.26. The van der Waals surface area contributed by atoms with Gasteiger partial charge in [-0.2, -0.15) is 0 Å². The lowest BCUT2D eigenvalue weighted by Crippen LogP contribution is -2.68. The van der Waals surface area contributed by atoms with Crippen molar-refractivity contribution >= 4 is 11.9 Å². The number of aliphatic hydroxyl groups excluding tert-OH is 9. The molecular formula is C28H47NO19. The van der Waals surface area contributed by atoms with Crippen molar-refractivity contribution in [3.8, 4) is 0 Å². The van der Waals surface area contributed by atoms with Crippen LogP contribution in [0.1, 0.15) is 34.6 Å². The SMILES string of the molecule is CC(=O)N[C@@H]1[C@@H](O[C@@H]2O[C@@H](C)[C@H](O)[C@@H](O[C@@H]3O[C@@H](C)[C@H](O)[C@@H](O)[C@H]3O[C@@H]3O[C@@H](C)[C@H](O)[C@@H](O)[C@H]3O)[C@H]2OC(C)=O)[C@H](O)[C@@H](CO)O[C@H]1O. The number of nitrogens with one attached hydrogen (secondary N) is 1. The molecule has 0 aromatic rings. The van der Waals surface area contributed by atoms with Crippen LogP contribution in [0.5, 0.6) is 0 Å². The molecule has 1 amide bonds. The minimum atomic E-state index is -1.82. The molecule has 0 saturated carbocycles. The molecule has 278 valence electrons. The maximum absolute atomic E-state index is 12.3. The predicted molar refractivity (Wildman–Crippen MR) is 151 cm³/mol. The molecule has 0 unspecified atom stereocenters. The van der Waals surface area contributed by atoms with Crippen LogP contribution in [-0.4, -0.2) is 187 Å². The van der Waals surface area contributed by atoms with Gasteiger partial charge in [0.2, 0.25) is 5.91 Å². The summed E-state index contributed by atoms with van der Waals surface area (Å²) < 4.78 is 45.5. The average Bonchev–Trinajstić information content (AvgIpc) is 3.02. The summed E-state index contributed by atoms with van der Waals surface area (Å²) in [5, 5.41) is 97.3. The monoisotopic (exact) mass is 701 g/mol. The molecule has 0 spiro atoms. The third-order valence-corrected chi connectivity index (χ3v) is 8.77. The summed E-state index contributed by atoms with van der Waals surface area (Å²) >= 11 is 0. The van der Waals surface area contributed by atoms with E-state index in [1.54, 1.807) is 0 Å². The highest BCUT2D eigenvalue weighted by molar-refractivity contribution is 5.73. The van der Waals surface area contributed by atoms with E-state index in [1.165, 1.54) is 20.8 Å². The lowest BCUT2D eigenvalue weighted by atomic mass is 9.95. The number of esters is 1. The predicted octanol–water partition coefficient (Wildman–Crippen LogP) is -5.95. The van der Waals surface area contributed by atoms with Crippen molar-refractivity contribution in [2.45, 2.75) is 157 Å². The third-order valence-electron chi connectivity index (χ3n) is 8.77. The molecule has 4 aliphatic rings. The van der Waals surface area contributed by atoms with Crippen LogP contribution in [0.4, 0.5) is 0 Å². The maximum Gasteiger partial charge on any atom is 0.303 e. The van der Waals surface area contributed by atoms with E-state index in [2.05, 4.69) is 5.32 Å². The highest BCUT2D eigenvalue weighted by atomic mass is 16.8. The van der Waals surface area contributed by atoms with Gasteiger partial charge < -0.3 is 89.2 Å². The fraction of sp³-hybridized carbons (Fsp3) is 0.929. The Hall–Kier alpha value is -1.70. The van der Waals surface area contributed by atoms with E-state index in [0.29, 0.717) is 0 Å². The molecule has 48 heavy (non-hydrogen) atoms. The number of hydrogen-bond acceptors (Lipinski definition) is 19. The fourth-order valence-electron chi connectivity index (χ4n) is 6.05. The summed E-state index contributed by atoms with van der Waals surface area (Å²) in [6, 6.07) is -1.42. The van der Waals surface area contributed by atoms with Gasteiger partial charge in [0.1, 0.15) is 73.2 Å². The van der Waals surface area contributed by atoms with Crippen molar-refractivity contribution in [1.82, 2.24) is 5.32 Å². The average molecular weight is 702 g/mol.